The van der Waals surface area contributed by atoms with Crippen molar-refractivity contribution in [1.29, 1.82) is 0 Å². The quantitative estimate of drug-likeness (QED) is 0.581. The zero-order valence-electron chi connectivity index (χ0n) is 17.9. The molecule has 0 unspecified atom stereocenters. The molecular formula is C21H26N6O4. The highest BCUT2D eigenvalue weighted by Gasteiger charge is 2.54. The smallest absolute Gasteiger partial charge is 0.410 e. The average Bonchev–Trinajstić information content (AvgIpc) is 3.46. The van der Waals surface area contributed by atoms with Crippen LogP contribution in [0.5, 0.6) is 0 Å². The summed E-state index contributed by atoms with van der Waals surface area (Å²) in [6, 6.07) is 6.56. The normalized spacial score (nSPS) is 17.4. The molecule has 164 valence electrons. The maximum absolute atomic E-state index is 12.7. The maximum Gasteiger partial charge on any atom is 0.410 e. The zero-order valence-corrected chi connectivity index (χ0v) is 17.9. The van der Waals surface area contributed by atoms with Crippen LogP contribution in [0.2, 0.25) is 0 Å². The molecule has 1 aliphatic heterocycles. The summed E-state index contributed by atoms with van der Waals surface area (Å²) >= 11 is 0. The van der Waals surface area contributed by atoms with Gasteiger partial charge in [0.1, 0.15) is 11.4 Å². The van der Waals surface area contributed by atoms with Crippen LogP contribution in [0.25, 0.3) is 0 Å². The van der Waals surface area contributed by atoms with E-state index in [1.165, 1.54) is 6.07 Å². The monoisotopic (exact) mass is 426 g/mol. The van der Waals surface area contributed by atoms with Gasteiger partial charge in [-0.1, -0.05) is 0 Å². The Labute approximate surface area is 180 Å². The Hall–Kier alpha value is -3.43. The second-order valence-electron chi connectivity index (χ2n) is 8.93. The van der Waals surface area contributed by atoms with E-state index < -0.39 is 10.5 Å². The number of anilines is 3. The summed E-state index contributed by atoms with van der Waals surface area (Å²) in [5.41, 5.74) is -0.245. The predicted molar refractivity (Wildman–Crippen MR) is 116 cm³/mol. The second-order valence-corrected chi connectivity index (χ2v) is 8.93. The number of ether oxygens (including phenoxy) is 1. The van der Waals surface area contributed by atoms with Gasteiger partial charge in [0, 0.05) is 43.8 Å². The van der Waals surface area contributed by atoms with Crippen molar-refractivity contribution < 1.29 is 14.5 Å². The third-order valence-corrected chi connectivity index (χ3v) is 5.42. The van der Waals surface area contributed by atoms with Gasteiger partial charge in [-0.15, -0.1) is 0 Å². The minimum atomic E-state index is -0.544. The van der Waals surface area contributed by atoms with Crippen LogP contribution in [0, 0.1) is 10.1 Å². The van der Waals surface area contributed by atoms with Crippen molar-refractivity contribution in [2.45, 2.75) is 44.8 Å². The van der Waals surface area contributed by atoms with E-state index in [2.05, 4.69) is 20.2 Å². The lowest BCUT2D eigenvalue weighted by Gasteiger charge is -2.42. The lowest BCUT2D eigenvalue weighted by Crippen LogP contribution is -2.58. The third kappa shape index (κ3) is 4.52. The number of carbonyl (C=O) groups excluding carboxylic acids is 1. The van der Waals surface area contributed by atoms with Crippen LogP contribution in [0.15, 0.2) is 36.7 Å². The van der Waals surface area contributed by atoms with Gasteiger partial charge in [0.2, 0.25) is 5.82 Å². The number of hydrogen-bond donors (Lipinski definition) is 1. The highest BCUT2D eigenvalue weighted by atomic mass is 16.6. The standard InChI is InChI=1S/C21H26N6O4/c1-20(2,3)31-19(28)26-13-12-25(14-21(26)8-9-21)17-5-4-16(27(29)30)18(24-17)23-15-6-10-22-11-7-15/h4-7,10-11H,8-9,12-14H2,1-3H3,(H,22,23,24). The van der Waals surface area contributed by atoms with Crippen molar-refractivity contribution in [2.75, 3.05) is 29.9 Å². The minimum Gasteiger partial charge on any atom is -0.444 e. The summed E-state index contributed by atoms with van der Waals surface area (Å²) in [6.07, 6.45) is 4.71. The van der Waals surface area contributed by atoms with Gasteiger partial charge in [-0.3, -0.25) is 20.0 Å². The molecule has 10 nitrogen and oxygen atoms in total. The van der Waals surface area contributed by atoms with Crippen molar-refractivity contribution >= 4 is 29.1 Å². The van der Waals surface area contributed by atoms with E-state index in [1.54, 1.807) is 30.6 Å². The van der Waals surface area contributed by atoms with E-state index in [1.807, 2.05) is 25.7 Å². The number of carbonyl (C=O) groups is 1. The second kappa shape index (κ2) is 7.68. The molecule has 2 aromatic heterocycles. The first-order valence-electron chi connectivity index (χ1n) is 10.2. The highest BCUT2D eigenvalue weighted by Crippen LogP contribution is 2.45. The van der Waals surface area contributed by atoms with Crippen molar-refractivity contribution in [2.24, 2.45) is 0 Å². The number of hydrogen-bond acceptors (Lipinski definition) is 8. The number of nitro groups is 1. The number of aromatic nitrogens is 2. The fourth-order valence-electron chi connectivity index (χ4n) is 3.78. The first kappa shape index (κ1) is 20.8. The molecule has 1 spiro atoms. The third-order valence-electron chi connectivity index (χ3n) is 5.42. The first-order chi connectivity index (χ1) is 14.7. The molecule has 0 bridgehead atoms. The van der Waals surface area contributed by atoms with E-state index in [9.17, 15) is 14.9 Å². The largest absolute Gasteiger partial charge is 0.444 e. The number of nitrogens with zero attached hydrogens (tertiary/aromatic N) is 5. The molecule has 1 aliphatic carbocycles. The van der Waals surface area contributed by atoms with Crippen LogP contribution < -0.4 is 10.2 Å². The Morgan fingerprint density at radius 3 is 2.52 bits per heavy atom. The van der Waals surface area contributed by atoms with E-state index in [-0.39, 0.29) is 23.1 Å². The molecule has 2 fully saturated rings. The molecule has 0 radical (unpaired) electrons. The highest BCUT2D eigenvalue weighted by molar-refractivity contribution is 5.71. The Kier molecular flexibility index (Phi) is 5.16. The number of rotatable bonds is 4. The molecule has 1 saturated carbocycles. The Bertz CT molecular complexity index is 987. The number of pyridine rings is 2. The molecular weight excluding hydrogens is 400 g/mol. The molecule has 0 aromatic carbocycles. The van der Waals surface area contributed by atoms with Gasteiger partial charge in [0.05, 0.1) is 10.5 Å². The van der Waals surface area contributed by atoms with Crippen molar-refractivity contribution in [3.05, 3.63) is 46.8 Å². The first-order valence-corrected chi connectivity index (χ1v) is 10.2. The van der Waals surface area contributed by atoms with Gasteiger partial charge in [-0.05, 0) is 51.8 Å². The Morgan fingerprint density at radius 2 is 1.90 bits per heavy atom. The molecule has 2 aromatic rings. The molecule has 10 heteroatoms. The maximum atomic E-state index is 12.7. The molecule has 3 heterocycles. The van der Waals surface area contributed by atoms with E-state index in [0.29, 0.717) is 31.1 Å². The molecule has 1 saturated heterocycles. The molecule has 1 N–H and O–H groups in total. The molecule has 4 rings (SSSR count). The van der Waals surface area contributed by atoms with Gasteiger partial charge in [0.25, 0.3) is 0 Å². The van der Waals surface area contributed by atoms with Crippen LogP contribution in [-0.2, 0) is 4.74 Å². The minimum absolute atomic E-state index is 0.103. The number of nitrogens with one attached hydrogen (secondary N) is 1. The lowest BCUT2D eigenvalue weighted by atomic mass is 10.1. The van der Waals surface area contributed by atoms with Crippen LogP contribution >= 0.6 is 0 Å². The molecule has 1 amide bonds. The fourth-order valence-corrected chi connectivity index (χ4v) is 3.78. The lowest BCUT2D eigenvalue weighted by molar-refractivity contribution is -0.384. The SMILES string of the molecule is CC(C)(C)OC(=O)N1CCN(c2ccc([N+](=O)[O-])c(Nc3ccncc3)n2)CC12CC2. The van der Waals surface area contributed by atoms with Crippen LogP contribution in [0.3, 0.4) is 0 Å². The molecule has 0 atom stereocenters. The van der Waals surface area contributed by atoms with Crippen molar-refractivity contribution in [3.8, 4) is 0 Å². The van der Waals surface area contributed by atoms with Crippen LogP contribution in [-0.4, -0.2) is 56.7 Å². The van der Waals surface area contributed by atoms with E-state index >= 15 is 0 Å². The topological polar surface area (TPSA) is 114 Å². The van der Waals surface area contributed by atoms with E-state index in [4.69, 9.17) is 4.74 Å². The van der Waals surface area contributed by atoms with Crippen LogP contribution in [0.4, 0.5) is 27.8 Å². The summed E-state index contributed by atoms with van der Waals surface area (Å²) in [7, 11) is 0. The number of piperazine rings is 1. The summed E-state index contributed by atoms with van der Waals surface area (Å²) in [6.45, 7) is 7.28. The van der Waals surface area contributed by atoms with Crippen LogP contribution in [0.1, 0.15) is 33.6 Å². The summed E-state index contributed by atoms with van der Waals surface area (Å²) in [5.74, 6) is 0.811. The Balaban J connectivity index is 1.55. The predicted octanol–water partition coefficient (Wildman–Crippen LogP) is 3.72. The van der Waals surface area contributed by atoms with Gasteiger partial charge in [-0.2, -0.15) is 0 Å². The number of amides is 1. The van der Waals surface area contributed by atoms with Gasteiger partial charge in [0.15, 0.2) is 0 Å². The van der Waals surface area contributed by atoms with Gasteiger partial charge < -0.3 is 15.0 Å². The van der Waals surface area contributed by atoms with Gasteiger partial charge >= 0.3 is 11.8 Å². The fraction of sp³-hybridized carbons (Fsp3) is 0.476. The molecule has 2 aliphatic rings. The van der Waals surface area contributed by atoms with Crippen molar-refractivity contribution in [1.82, 2.24) is 14.9 Å². The summed E-state index contributed by atoms with van der Waals surface area (Å²) in [4.78, 5) is 36.1. The van der Waals surface area contributed by atoms with Gasteiger partial charge in [-0.25, -0.2) is 9.78 Å². The Morgan fingerprint density at radius 1 is 1.19 bits per heavy atom. The average molecular weight is 426 g/mol. The summed E-state index contributed by atoms with van der Waals surface area (Å²) < 4.78 is 5.58. The molecule has 31 heavy (non-hydrogen) atoms. The van der Waals surface area contributed by atoms with E-state index in [0.717, 1.165) is 12.8 Å². The van der Waals surface area contributed by atoms with Crippen molar-refractivity contribution in [3.63, 3.8) is 0 Å². The zero-order chi connectivity index (χ0) is 22.2. The summed E-state index contributed by atoms with van der Waals surface area (Å²) in [5, 5.41) is 14.5.